The summed E-state index contributed by atoms with van der Waals surface area (Å²) in [5, 5.41) is 4.23. The topological polar surface area (TPSA) is 21.3 Å². The molecule has 2 aromatic rings. The lowest BCUT2D eigenvalue weighted by atomic mass is 10.00. The molecule has 2 aromatic carbocycles. The molecule has 0 radical (unpaired) electrons. The van der Waals surface area contributed by atoms with E-state index in [-0.39, 0.29) is 11.9 Å². The zero-order valence-electron chi connectivity index (χ0n) is 11.9. The molecule has 1 fully saturated rings. The second-order valence-electron chi connectivity index (χ2n) is 5.36. The third-order valence-electron chi connectivity index (χ3n) is 3.79. The molecule has 1 heterocycles. The van der Waals surface area contributed by atoms with Crippen LogP contribution in [0.5, 0.6) is 0 Å². The van der Waals surface area contributed by atoms with Gasteiger partial charge >= 0.3 is 0 Å². The van der Waals surface area contributed by atoms with Gasteiger partial charge in [-0.3, -0.25) is 0 Å². The predicted octanol–water partition coefficient (Wildman–Crippen LogP) is 4.68. The molecule has 1 N–H and O–H groups in total. The summed E-state index contributed by atoms with van der Waals surface area (Å²) in [5.41, 5.74) is 2.62. The van der Waals surface area contributed by atoms with Crippen molar-refractivity contribution < 1.29 is 9.13 Å². The standard InChI is InChI=1S/C17H16Cl2FNO/c18-16-4-1-11(8-17(16)19)15-3-2-13(20)7-12(15)10-22-14-5-6-21-9-14/h1-4,7-8,14,21H,5-6,9-10H2/t14-/m0/s1. The van der Waals surface area contributed by atoms with E-state index in [2.05, 4.69) is 5.32 Å². The number of rotatable bonds is 4. The van der Waals surface area contributed by atoms with Crippen LogP contribution in [0, 0.1) is 5.82 Å². The summed E-state index contributed by atoms with van der Waals surface area (Å²) in [4.78, 5) is 0. The first-order valence-electron chi connectivity index (χ1n) is 7.19. The Morgan fingerprint density at radius 3 is 2.73 bits per heavy atom. The zero-order valence-corrected chi connectivity index (χ0v) is 13.4. The molecule has 0 unspecified atom stereocenters. The van der Waals surface area contributed by atoms with E-state index in [1.54, 1.807) is 18.2 Å². The lowest BCUT2D eigenvalue weighted by Crippen LogP contribution is -2.16. The third kappa shape index (κ3) is 3.61. The molecule has 116 valence electrons. The van der Waals surface area contributed by atoms with Crippen molar-refractivity contribution in [1.82, 2.24) is 5.32 Å². The summed E-state index contributed by atoms with van der Waals surface area (Å²) in [6.45, 7) is 2.19. The van der Waals surface area contributed by atoms with Crippen molar-refractivity contribution in [2.45, 2.75) is 19.1 Å². The molecule has 5 heteroatoms. The van der Waals surface area contributed by atoms with Gasteiger partial charge in [-0.2, -0.15) is 0 Å². The molecule has 22 heavy (non-hydrogen) atoms. The fourth-order valence-electron chi connectivity index (χ4n) is 2.61. The largest absolute Gasteiger partial charge is 0.372 e. The average molecular weight is 340 g/mol. The second-order valence-corrected chi connectivity index (χ2v) is 6.17. The Labute approximate surface area is 139 Å². The molecule has 2 nitrogen and oxygen atoms in total. The number of halogens is 3. The van der Waals surface area contributed by atoms with Gasteiger partial charge < -0.3 is 10.1 Å². The summed E-state index contributed by atoms with van der Waals surface area (Å²) >= 11 is 12.0. The van der Waals surface area contributed by atoms with Crippen molar-refractivity contribution in [3.8, 4) is 11.1 Å². The van der Waals surface area contributed by atoms with E-state index >= 15 is 0 Å². The monoisotopic (exact) mass is 339 g/mol. The highest BCUT2D eigenvalue weighted by atomic mass is 35.5. The van der Waals surface area contributed by atoms with Gasteiger partial charge in [0.1, 0.15) is 5.82 Å². The van der Waals surface area contributed by atoms with E-state index in [4.69, 9.17) is 27.9 Å². The van der Waals surface area contributed by atoms with Gasteiger partial charge in [0.2, 0.25) is 0 Å². The van der Waals surface area contributed by atoms with Crippen LogP contribution in [0.15, 0.2) is 36.4 Å². The van der Waals surface area contributed by atoms with Crippen LogP contribution >= 0.6 is 23.2 Å². The van der Waals surface area contributed by atoms with Gasteiger partial charge in [0.05, 0.1) is 22.8 Å². The molecule has 0 amide bonds. The summed E-state index contributed by atoms with van der Waals surface area (Å²) in [6, 6.07) is 10.1. The summed E-state index contributed by atoms with van der Waals surface area (Å²) < 4.78 is 19.5. The predicted molar refractivity (Wildman–Crippen MR) is 87.9 cm³/mol. The summed E-state index contributed by atoms with van der Waals surface area (Å²) in [5.74, 6) is -0.271. The Hall–Kier alpha value is -1.13. The first kappa shape index (κ1) is 15.8. The number of hydrogen-bond acceptors (Lipinski definition) is 2. The Morgan fingerprint density at radius 2 is 2.00 bits per heavy atom. The number of nitrogens with one attached hydrogen (secondary N) is 1. The van der Waals surface area contributed by atoms with Crippen molar-refractivity contribution in [3.05, 3.63) is 57.8 Å². The smallest absolute Gasteiger partial charge is 0.123 e. The maximum atomic E-state index is 13.6. The molecule has 1 saturated heterocycles. The quantitative estimate of drug-likeness (QED) is 0.873. The van der Waals surface area contributed by atoms with E-state index in [9.17, 15) is 4.39 Å². The minimum Gasteiger partial charge on any atom is -0.372 e. The SMILES string of the molecule is Fc1ccc(-c2ccc(Cl)c(Cl)c2)c(CO[C@H]2CCNC2)c1. The van der Waals surface area contributed by atoms with Crippen LogP contribution in [-0.4, -0.2) is 19.2 Å². The normalized spacial score (nSPS) is 17.9. The van der Waals surface area contributed by atoms with E-state index in [0.29, 0.717) is 16.7 Å². The Kier molecular flexibility index (Phi) is 4.99. The van der Waals surface area contributed by atoms with Crippen LogP contribution in [0.2, 0.25) is 10.0 Å². The van der Waals surface area contributed by atoms with Crippen molar-refractivity contribution in [2.75, 3.05) is 13.1 Å². The van der Waals surface area contributed by atoms with Gasteiger partial charge in [-0.25, -0.2) is 4.39 Å². The van der Waals surface area contributed by atoms with E-state index in [0.717, 1.165) is 36.2 Å². The maximum Gasteiger partial charge on any atom is 0.123 e. The molecular formula is C17H16Cl2FNO. The molecule has 0 bridgehead atoms. The van der Waals surface area contributed by atoms with Gasteiger partial charge in [0, 0.05) is 6.54 Å². The van der Waals surface area contributed by atoms with Crippen molar-refractivity contribution in [3.63, 3.8) is 0 Å². The molecule has 1 aliphatic heterocycles. The molecular weight excluding hydrogens is 324 g/mol. The Bertz CT molecular complexity index is 672. The lowest BCUT2D eigenvalue weighted by Gasteiger charge is -2.14. The molecule has 1 aliphatic rings. The first-order valence-corrected chi connectivity index (χ1v) is 7.95. The molecule has 0 spiro atoms. The Balaban J connectivity index is 1.87. The molecule has 0 aliphatic carbocycles. The lowest BCUT2D eigenvalue weighted by molar-refractivity contribution is 0.0543. The number of benzene rings is 2. The van der Waals surface area contributed by atoms with Crippen LogP contribution in [0.25, 0.3) is 11.1 Å². The van der Waals surface area contributed by atoms with E-state index < -0.39 is 0 Å². The van der Waals surface area contributed by atoms with Crippen LogP contribution in [0.3, 0.4) is 0 Å². The van der Waals surface area contributed by atoms with Gasteiger partial charge in [-0.15, -0.1) is 0 Å². The third-order valence-corrected chi connectivity index (χ3v) is 4.53. The van der Waals surface area contributed by atoms with Crippen LogP contribution in [-0.2, 0) is 11.3 Å². The maximum absolute atomic E-state index is 13.6. The highest BCUT2D eigenvalue weighted by Gasteiger charge is 2.16. The molecule has 0 aromatic heterocycles. The highest BCUT2D eigenvalue weighted by molar-refractivity contribution is 6.42. The number of hydrogen-bond donors (Lipinski definition) is 1. The molecule has 0 saturated carbocycles. The minimum atomic E-state index is -0.271. The Morgan fingerprint density at radius 1 is 1.14 bits per heavy atom. The van der Waals surface area contributed by atoms with Gasteiger partial charge in [0.25, 0.3) is 0 Å². The summed E-state index contributed by atoms with van der Waals surface area (Å²) in [7, 11) is 0. The summed E-state index contributed by atoms with van der Waals surface area (Å²) in [6.07, 6.45) is 1.17. The van der Waals surface area contributed by atoms with Gasteiger partial charge in [0.15, 0.2) is 0 Å². The fraction of sp³-hybridized carbons (Fsp3) is 0.294. The van der Waals surface area contributed by atoms with Crippen molar-refractivity contribution >= 4 is 23.2 Å². The number of ether oxygens (including phenoxy) is 1. The fourth-order valence-corrected chi connectivity index (χ4v) is 2.90. The zero-order chi connectivity index (χ0) is 15.5. The highest BCUT2D eigenvalue weighted by Crippen LogP contribution is 2.31. The van der Waals surface area contributed by atoms with Crippen LogP contribution in [0.1, 0.15) is 12.0 Å². The second kappa shape index (κ2) is 6.97. The van der Waals surface area contributed by atoms with E-state index in [1.807, 2.05) is 6.07 Å². The van der Waals surface area contributed by atoms with Crippen LogP contribution < -0.4 is 5.32 Å². The van der Waals surface area contributed by atoms with E-state index in [1.165, 1.54) is 12.1 Å². The van der Waals surface area contributed by atoms with Crippen LogP contribution in [0.4, 0.5) is 4.39 Å². The molecule has 3 rings (SSSR count). The minimum absolute atomic E-state index is 0.185. The van der Waals surface area contributed by atoms with Gasteiger partial charge in [-0.1, -0.05) is 35.3 Å². The van der Waals surface area contributed by atoms with Crippen molar-refractivity contribution in [1.29, 1.82) is 0 Å². The van der Waals surface area contributed by atoms with Gasteiger partial charge in [-0.05, 0) is 53.9 Å². The first-order chi connectivity index (χ1) is 10.6. The average Bonchev–Trinajstić information content (AvgIpc) is 3.02. The van der Waals surface area contributed by atoms with Crippen molar-refractivity contribution in [2.24, 2.45) is 0 Å². The molecule has 1 atom stereocenters.